The van der Waals surface area contributed by atoms with Crippen molar-refractivity contribution in [3.05, 3.63) is 71.3 Å². The first kappa shape index (κ1) is 19.5. The van der Waals surface area contributed by atoms with Gasteiger partial charge in [0.2, 0.25) is 10.0 Å². The van der Waals surface area contributed by atoms with Gasteiger partial charge in [-0.3, -0.25) is 0 Å². The maximum absolute atomic E-state index is 12.8. The van der Waals surface area contributed by atoms with Gasteiger partial charge in [0.05, 0.1) is 11.3 Å². The van der Waals surface area contributed by atoms with E-state index >= 15 is 0 Å². The minimum Gasteiger partial charge on any atom is -0.212 e. The molecule has 2 aromatic rings. The average molecular weight is 371 g/mol. The van der Waals surface area contributed by atoms with E-state index in [0.29, 0.717) is 13.0 Å². The van der Waals surface area contributed by atoms with Crippen LogP contribution in [-0.2, 0) is 28.5 Å². The Morgan fingerprint density at radius 3 is 2.20 bits per heavy atom. The van der Waals surface area contributed by atoms with Crippen LogP contribution >= 0.6 is 0 Å². The highest BCUT2D eigenvalue weighted by Gasteiger charge is 2.31. The molecule has 0 saturated carbocycles. The molecule has 0 bridgehead atoms. The molecular formula is C18H20F3NO2S. The summed E-state index contributed by atoms with van der Waals surface area (Å²) in [7, 11) is -3.73. The van der Waals surface area contributed by atoms with Crippen LogP contribution in [0.15, 0.2) is 54.6 Å². The summed E-state index contributed by atoms with van der Waals surface area (Å²) in [5.41, 5.74) is 0.123. The molecule has 136 valence electrons. The van der Waals surface area contributed by atoms with E-state index in [1.54, 1.807) is 0 Å². The zero-order valence-electron chi connectivity index (χ0n) is 13.8. The van der Waals surface area contributed by atoms with Crippen LogP contribution in [0.1, 0.15) is 30.0 Å². The van der Waals surface area contributed by atoms with Crippen molar-refractivity contribution in [3.8, 4) is 0 Å². The van der Waals surface area contributed by atoms with Crippen molar-refractivity contribution in [1.82, 2.24) is 4.31 Å². The fourth-order valence-corrected chi connectivity index (χ4v) is 4.08. The second-order valence-corrected chi connectivity index (χ2v) is 7.74. The third kappa shape index (κ3) is 5.57. The summed E-state index contributed by atoms with van der Waals surface area (Å²) >= 11 is 0. The van der Waals surface area contributed by atoms with Crippen LogP contribution in [0.5, 0.6) is 0 Å². The van der Waals surface area contributed by atoms with Crippen molar-refractivity contribution in [3.63, 3.8) is 0 Å². The van der Waals surface area contributed by atoms with E-state index in [1.807, 2.05) is 37.3 Å². The van der Waals surface area contributed by atoms with E-state index in [0.717, 1.165) is 17.7 Å². The first-order valence-electron chi connectivity index (χ1n) is 7.90. The molecule has 2 rings (SSSR count). The lowest BCUT2D eigenvalue weighted by molar-refractivity contribution is -0.137. The molecule has 0 unspecified atom stereocenters. The molecule has 0 N–H and O–H groups in total. The van der Waals surface area contributed by atoms with Crippen LogP contribution in [0.4, 0.5) is 13.2 Å². The highest BCUT2D eigenvalue weighted by Crippen LogP contribution is 2.30. The van der Waals surface area contributed by atoms with Gasteiger partial charge >= 0.3 is 6.18 Å². The minimum atomic E-state index is -4.49. The summed E-state index contributed by atoms with van der Waals surface area (Å²) in [5, 5.41) is 0. The topological polar surface area (TPSA) is 37.4 Å². The Morgan fingerprint density at radius 2 is 1.60 bits per heavy atom. The molecule has 0 amide bonds. The Kier molecular flexibility index (Phi) is 6.24. The van der Waals surface area contributed by atoms with Crippen LogP contribution in [-0.4, -0.2) is 19.3 Å². The van der Waals surface area contributed by atoms with Crippen molar-refractivity contribution in [2.24, 2.45) is 0 Å². The average Bonchev–Trinajstić information content (AvgIpc) is 2.54. The lowest BCUT2D eigenvalue weighted by atomic mass is 10.1. The fraction of sp³-hybridized carbons (Fsp3) is 0.333. The van der Waals surface area contributed by atoms with E-state index < -0.39 is 27.5 Å². The van der Waals surface area contributed by atoms with Crippen molar-refractivity contribution < 1.29 is 21.6 Å². The third-order valence-electron chi connectivity index (χ3n) is 3.67. The highest BCUT2D eigenvalue weighted by atomic mass is 32.2. The summed E-state index contributed by atoms with van der Waals surface area (Å²) in [4.78, 5) is 0. The molecule has 0 heterocycles. The van der Waals surface area contributed by atoms with Gasteiger partial charge in [0.15, 0.2) is 0 Å². The van der Waals surface area contributed by atoms with Crippen molar-refractivity contribution in [2.75, 3.05) is 6.54 Å². The van der Waals surface area contributed by atoms with Gasteiger partial charge < -0.3 is 0 Å². The molecule has 0 aliphatic heterocycles. The lowest BCUT2D eigenvalue weighted by Gasteiger charge is -2.22. The summed E-state index contributed by atoms with van der Waals surface area (Å²) in [5.74, 6) is -0.455. The third-order valence-corrected chi connectivity index (χ3v) is 5.47. The largest absolute Gasteiger partial charge is 0.416 e. The number of benzene rings is 2. The maximum Gasteiger partial charge on any atom is 0.416 e. The SMILES string of the molecule is CCCN(Cc1ccccc1)S(=O)(=O)Cc1cccc(C(F)(F)F)c1. The molecule has 0 fully saturated rings. The van der Waals surface area contributed by atoms with E-state index in [2.05, 4.69) is 0 Å². The second kappa shape index (κ2) is 8.01. The molecule has 25 heavy (non-hydrogen) atoms. The molecule has 0 aromatic heterocycles. The number of hydrogen-bond acceptors (Lipinski definition) is 2. The van der Waals surface area contributed by atoms with Crippen LogP contribution in [0.3, 0.4) is 0 Å². The monoisotopic (exact) mass is 371 g/mol. The molecule has 0 aliphatic carbocycles. The van der Waals surface area contributed by atoms with Gasteiger partial charge in [0.25, 0.3) is 0 Å². The van der Waals surface area contributed by atoms with Gasteiger partial charge in [0.1, 0.15) is 0 Å². The number of alkyl halides is 3. The highest BCUT2D eigenvalue weighted by molar-refractivity contribution is 7.88. The number of nitrogens with zero attached hydrogens (tertiary/aromatic N) is 1. The molecule has 0 saturated heterocycles. The molecule has 3 nitrogen and oxygen atoms in total. The Hall–Kier alpha value is -1.86. The maximum atomic E-state index is 12.8. The zero-order valence-corrected chi connectivity index (χ0v) is 14.6. The second-order valence-electron chi connectivity index (χ2n) is 5.77. The van der Waals surface area contributed by atoms with Crippen molar-refractivity contribution in [2.45, 2.75) is 31.8 Å². The summed E-state index contributed by atoms with van der Waals surface area (Å²) in [6.45, 7) is 2.38. The van der Waals surface area contributed by atoms with Gasteiger partial charge in [-0.15, -0.1) is 0 Å². The molecule has 0 atom stereocenters. The predicted molar refractivity (Wildman–Crippen MR) is 91.2 cm³/mol. The molecule has 0 aliphatic rings. The van der Waals surface area contributed by atoms with E-state index in [9.17, 15) is 21.6 Å². The van der Waals surface area contributed by atoms with E-state index in [1.165, 1.54) is 16.4 Å². The van der Waals surface area contributed by atoms with Gasteiger partial charge in [-0.05, 0) is 23.6 Å². The molecular weight excluding hydrogens is 351 g/mol. The van der Waals surface area contributed by atoms with Crippen LogP contribution < -0.4 is 0 Å². The Labute approximate surface area is 146 Å². The number of halogens is 3. The van der Waals surface area contributed by atoms with Gasteiger partial charge in [-0.1, -0.05) is 55.5 Å². The standard InChI is InChI=1S/C18H20F3NO2S/c1-2-11-22(13-15-7-4-3-5-8-15)25(23,24)14-16-9-6-10-17(12-16)18(19,20)21/h3-10,12H,2,11,13-14H2,1H3. The molecule has 7 heteroatoms. The predicted octanol–water partition coefficient (Wildman–Crippen LogP) is 4.45. The van der Waals surface area contributed by atoms with Crippen molar-refractivity contribution in [1.29, 1.82) is 0 Å². The fourth-order valence-electron chi connectivity index (χ4n) is 2.49. The molecule has 2 aromatic carbocycles. The Balaban J connectivity index is 2.23. The van der Waals surface area contributed by atoms with Crippen molar-refractivity contribution >= 4 is 10.0 Å². The molecule has 0 radical (unpaired) electrons. The van der Waals surface area contributed by atoms with Crippen LogP contribution in [0.2, 0.25) is 0 Å². The first-order valence-corrected chi connectivity index (χ1v) is 9.51. The summed E-state index contributed by atoms with van der Waals surface area (Å²) in [6.07, 6.45) is -3.87. The number of rotatable bonds is 7. The van der Waals surface area contributed by atoms with Crippen LogP contribution in [0, 0.1) is 0 Å². The zero-order chi connectivity index (χ0) is 18.5. The van der Waals surface area contributed by atoms with E-state index in [-0.39, 0.29) is 12.1 Å². The van der Waals surface area contributed by atoms with Gasteiger partial charge in [-0.2, -0.15) is 17.5 Å². The van der Waals surface area contributed by atoms with E-state index in [4.69, 9.17) is 0 Å². The first-order chi connectivity index (χ1) is 11.7. The quantitative estimate of drug-likeness (QED) is 0.721. The smallest absolute Gasteiger partial charge is 0.212 e. The number of sulfonamides is 1. The number of hydrogen-bond donors (Lipinski definition) is 0. The summed E-state index contributed by atoms with van der Waals surface area (Å²) < 4.78 is 65.1. The molecule has 0 spiro atoms. The normalized spacial score (nSPS) is 12.5. The van der Waals surface area contributed by atoms with Gasteiger partial charge in [0, 0.05) is 13.1 Å². The lowest BCUT2D eigenvalue weighted by Crippen LogP contribution is -2.32. The minimum absolute atomic E-state index is 0.129. The van der Waals surface area contributed by atoms with Crippen LogP contribution in [0.25, 0.3) is 0 Å². The Morgan fingerprint density at radius 1 is 0.960 bits per heavy atom. The van der Waals surface area contributed by atoms with Gasteiger partial charge in [-0.25, -0.2) is 8.42 Å². The summed E-state index contributed by atoms with van der Waals surface area (Å²) in [6, 6.07) is 13.6. The Bertz CT molecular complexity index is 789.